The van der Waals surface area contributed by atoms with Crippen molar-refractivity contribution in [3.8, 4) is 0 Å². The summed E-state index contributed by atoms with van der Waals surface area (Å²) in [6.07, 6.45) is 3.24. The standard InChI is InChI=1S/C13H22N4O/c1-13(2,3)17-6-4-16(5-7-17)12-11(9-18)8-14-10-15-12/h8,10,18H,4-7,9H2,1-3H3. The summed E-state index contributed by atoms with van der Waals surface area (Å²) in [5, 5.41) is 9.31. The summed E-state index contributed by atoms with van der Waals surface area (Å²) < 4.78 is 0. The van der Waals surface area contributed by atoms with E-state index in [1.807, 2.05) is 0 Å². The van der Waals surface area contributed by atoms with Gasteiger partial charge in [0, 0.05) is 43.5 Å². The molecule has 0 radical (unpaired) electrons. The van der Waals surface area contributed by atoms with Crippen molar-refractivity contribution in [2.75, 3.05) is 31.1 Å². The van der Waals surface area contributed by atoms with Crippen LogP contribution in [0.25, 0.3) is 0 Å². The summed E-state index contributed by atoms with van der Waals surface area (Å²) in [6.45, 7) is 10.7. The molecule has 100 valence electrons. The smallest absolute Gasteiger partial charge is 0.137 e. The average molecular weight is 250 g/mol. The molecule has 1 saturated heterocycles. The fraction of sp³-hybridized carbons (Fsp3) is 0.692. The Kier molecular flexibility index (Phi) is 3.82. The van der Waals surface area contributed by atoms with E-state index in [4.69, 9.17) is 0 Å². The van der Waals surface area contributed by atoms with E-state index in [0.717, 1.165) is 37.6 Å². The van der Waals surface area contributed by atoms with Crippen molar-refractivity contribution < 1.29 is 5.11 Å². The van der Waals surface area contributed by atoms with Crippen LogP contribution in [0.3, 0.4) is 0 Å². The lowest BCUT2D eigenvalue weighted by atomic mass is 10.0. The molecule has 18 heavy (non-hydrogen) atoms. The van der Waals surface area contributed by atoms with E-state index in [1.165, 1.54) is 0 Å². The minimum Gasteiger partial charge on any atom is -0.391 e. The van der Waals surface area contributed by atoms with E-state index in [0.29, 0.717) is 0 Å². The van der Waals surface area contributed by atoms with Crippen molar-refractivity contribution >= 4 is 5.82 Å². The molecule has 2 heterocycles. The lowest BCUT2D eigenvalue weighted by Crippen LogP contribution is -2.53. The second-order valence-electron chi connectivity index (χ2n) is 5.67. The minimum absolute atomic E-state index is 0.00431. The van der Waals surface area contributed by atoms with Crippen molar-refractivity contribution in [2.24, 2.45) is 0 Å². The monoisotopic (exact) mass is 250 g/mol. The predicted octanol–water partition coefficient (Wildman–Crippen LogP) is 0.889. The molecule has 1 aliphatic rings. The SMILES string of the molecule is CC(C)(C)N1CCN(c2ncncc2CO)CC1. The normalized spacial score (nSPS) is 18.1. The van der Waals surface area contributed by atoms with Crippen LogP contribution in [0, 0.1) is 0 Å². The molecule has 0 spiro atoms. The summed E-state index contributed by atoms with van der Waals surface area (Å²) in [7, 11) is 0. The molecule has 0 bridgehead atoms. The Balaban J connectivity index is 2.06. The fourth-order valence-electron chi connectivity index (χ4n) is 2.34. The molecule has 5 nitrogen and oxygen atoms in total. The molecule has 2 rings (SSSR count). The highest BCUT2D eigenvalue weighted by molar-refractivity contribution is 5.45. The molecule has 0 atom stereocenters. The molecular weight excluding hydrogens is 228 g/mol. The molecule has 0 saturated carbocycles. The largest absolute Gasteiger partial charge is 0.391 e. The Morgan fingerprint density at radius 2 is 1.89 bits per heavy atom. The third-order valence-electron chi connectivity index (χ3n) is 3.46. The Morgan fingerprint density at radius 3 is 2.44 bits per heavy atom. The summed E-state index contributed by atoms with van der Waals surface area (Å²) in [5.41, 5.74) is 1.03. The topological polar surface area (TPSA) is 52.5 Å². The van der Waals surface area contributed by atoms with E-state index >= 15 is 0 Å². The zero-order chi connectivity index (χ0) is 13.2. The first-order valence-corrected chi connectivity index (χ1v) is 6.42. The molecule has 5 heteroatoms. The van der Waals surface area contributed by atoms with Gasteiger partial charge in [-0.25, -0.2) is 9.97 Å². The van der Waals surface area contributed by atoms with Crippen molar-refractivity contribution in [2.45, 2.75) is 32.9 Å². The highest BCUT2D eigenvalue weighted by atomic mass is 16.3. The molecule has 0 unspecified atom stereocenters. The number of hydrogen-bond acceptors (Lipinski definition) is 5. The van der Waals surface area contributed by atoms with Gasteiger partial charge in [-0.15, -0.1) is 0 Å². The number of aliphatic hydroxyl groups is 1. The van der Waals surface area contributed by atoms with Crippen LogP contribution in [0.4, 0.5) is 5.82 Å². The lowest BCUT2D eigenvalue weighted by Gasteiger charge is -2.42. The van der Waals surface area contributed by atoms with Crippen LogP contribution >= 0.6 is 0 Å². The third-order valence-corrected chi connectivity index (χ3v) is 3.46. The third kappa shape index (κ3) is 2.79. The molecule has 0 aliphatic carbocycles. The van der Waals surface area contributed by atoms with Crippen LogP contribution in [-0.4, -0.2) is 51.7 Å². The Labute approximate surface area is 108 Å². The number of rotatable bonds is 2. The minimum atomic E-state index is -0.00431. The van der Waals surface area contributed by atoms with Gasteiger partial charge in [-0.05, 0) is 20.8 Å². The first-order chi connectivity index (χ1) is 8.52. The Hall–Kier alpha value is -1.20. The van der Waals surface area contributed by atoms with Crippen molar-refractivity contribution in [1.82, 2.24) is 14.9 Å². The Bertz CT molecular complexity index is 394. The number of hydrogen-bond donors (Lipinski definition) is 1. The van der Waals surface area contributed by atoms with Gasteiger partial charge in [0.05, 0.1) is 6.61 Å². The second kappa shape index (κ2) is 5.20. The van der Waals surface area contributed by atoms with Crippen LogP contribution in [0.15, 0.2) is 12.5 Å². The molecule has 1 N–H and O–H groups in total. The van der Waals surface area contributed by atoms with Gasteiger partial charge < -0.3 is 10.0 Å². The van der Waals surface area contributed by atoms with Gasteiger partial charge in [-0.1, -0.05) is 0 Å². The van der Waals surface area contributed by atoms with Crippen molar-refractivity contribution in [3.63, 3.8) is 0 Å². The zero-order valence-electron chi connectivity index (χ0n) is 11.4. The number of anilines is 1. The van der Waals surface area contributed by atoms with E-state index in [2.05, 4.69) is 40.5 Å². The average Bonchev–Trinajstić information content (AvgIpc) is 2.38. The maximum absolute atomic E-state index is 9.31. The van der Waals surface area contributed by atoms with Gasteiger partial charge in [-0.3, -0.25) is 4.90 Å². The number of aromatic nitrogens is 2. The van der Waals surface area contributed by atoms with Gasteiger partial charge in [0.2, 0.25) is 0 Å². The van der Waals surface area contributed by atoms with Crippen molar-refractivity contribution in [3.05, 3.63) is 18.1 Å². The number of aliphatic hydroxyl groups excluding tert-OH is 1. The summed E-state index contributed by atoms with van der Waals surface area (Å²) in [6, 6.07) is 0. The van der Waals surface area contributed by atoms with E-state index in [-0.39, 0.29) is 12.1 Å². The van der Waals surface area contributed by atoms with Gasteiger partial charge in [-0.2, -0.15) is 0 Å². The maximum atomic E-state index is 9.31. The first kappa shape index (κ1) is 13.2. The van der Waals surface area contributed by atoms with Crippen molar-refractivity contribution in [1.29, 1.82) is 0 Å². The van der Waals surface area contributed by atoms with Crippen LogP contribution < -0.4 is 4.90 Å². The molecular formula is C13H22N4O. The molecule has 0 amide bonds. The molecule has 1 fully saturated rings. The second-order valence-corrected chi connectivity index (χ2v) is 5.67. The van der Waals surface area contributed by atoms with E-state index < -0.39 is 0 Å². The van der Waals surface area contributed by atoms with E-state index in [1.54, 1.807) is 12.5 Å². The van der Waals surface area contributed by atoms with Crippen LogP contribution in [0.5, 0.6) is 0 Å². The summed E-state index contributed by atoms with van der Waals surface area (Å²) >= 11 is 0. The number of piperazine rings is 1. The molecule has 1 aromatic heterocycles. The predicted molar refractivity (Wildman–Crippen MR) is 71.5 cm³/mol. The van der Waals surface area contributed by atoms with E-state index in [9.17, 15) is 5.11 Å². The highest BCUT2D eigenvalue weighted by Gasteiger charge is 2.26. The zero-order valence-corrected chi connectivity index (χ0v) is 11.4. The van der Waals surface area contributed by atoms with Gasteiger partial charge >= 0.3 is 0 Å². The highest BCUT2D eigenvalue weighted by Crippen LogP contribution is 2.21. The first-order valence-electron chi connectivity index (χ1n) is 6.42. The molecule has 0 aromatic carbocycles. The Morgan fingerprint density at radius 1 is 1.22 bits per heavy atom. The quantitative estimate of drug-likeness (QED) is 0.845. The fourth-order valence-corrected chi connectivity index (χ4v) is 2.34. The maximum Gasteiger partial charge on any atom is 0.137 e. The molecule has 1 aromatic rings. The lowest BCUT2D eigenvalue weighted by molar-refractivity contribution is 0.128. The van der Waals surface area contributed by atoms with Crippen LogP contribution in [-0.2, 0) is 6.61 Å². The summed E-state index contributed by atoms with van der Waals surface area (Å²) in [5.74, 6) is 0.876. The van der Waals surface area contributed by atoms with Crippen LogP contribution in [0.2, 0.25) is 0 Å². The number of nitrogens with zero attached hydrogens (tertiary/aromatic N) is 4. The van der Waals surface area contributed by atoms with Gasteiger partial charge in [0.15, 0.2) is 0 Å². The van der Waals surface area contributed by atoms with Crippen LogP contribution in [0.1, 0.15) is 26.3 Å². The summed E-state index contributed by atoms with van der Waals surface area (Å²) in [4.78, 5) is 13.0. The van der Waals surface area contributed by atoms with Gasteiger partial charge in [0.25, 0.3) is 0 Å². The van der Waals surface area contributed by atoms with Gasteiger partial charge in [0.1, 0.15) is 12.1 Å². The molecule has 1 aliphatic heterocycles.